The van der Waals surface area contributed by atoms with Gasteiger partial charge in [-0.3, -0.25) is 0 Å². The van der Waals surface area contributed by atoms with Crippen LogP contribution >= 0.6 is 23.8 Å². The van der Waals surface area contributed by atoms with Crippen molar-refractivity contribution in [1.29, 1.82) is 0 Å². The predicted molar refractivity (Wildman–Crippen MR) is 225 cm³/mol. The van der Waals surface area contributed by atoms with Crippen LogP contribution in [0.15, 0.2) is 121 Å². The first-order chi connectivity index (χ1) is 24.2. The van der Waals surface area contributed by atoms with Gasteiger partial charge in [0.25, 0.3) is 0 Å². The topological polar surface area (TPSA) is 3.24 Å². The molecule has 248 valence electrons. The Morgan fingerprint density at radius 2 is 0.700 bits per heavy atom. The predicted octanol–water partition coefficient (Wildman–Crippen LogP) is 9.05. The molecule has 6 aromatic rings. The second-order valence-corrected chi connectivity index (χ2v) is 21.4. The third kappa shape index (κ3) is 4.85. The second kappa shape index (κ2) is 12.3. The van der Waals surface area contributed by atoms with Gasteiger partial charge in [-0.15, -0.1) is 0 Å². The lowest BCUT2D eigenvalue weighted by molar-refractivity contribution is 0.867. The zero-order valence-electron chi connectivity index (χ0n) is 30.1. The lowest BCUT2D eigenvalue weighted by Crippen LogP contribution is -2.51. The summed E-state index contributed by atoms with van der Waals surface area (Å²) in [7, 11) is -2.39. The Bertz CT molecular complexity index is 2160. The van der Waals surface area contributed by atoms with Crippen LogP contribution < -0.4 is 52.6 Å². The lowest BCUT2D eigenvalue weighted by Gasteiger charge is -2.50. The Balaban J connectivity index is 1.51. The van der Waals surface area contributed by atoms with E-state index in [1.165, 1.54) is 87.1 Å². The van der Waals surface area contributed by atoms with Crippen LogP contribution in [0.4, 0.5) is 17.1 Å². The zero-order chi connectivity index (χ0) is 34.4. The van der Waals surface area contributed by atoms with Crippen LogP contribution in [-0.4, -0.2) is 0 Å². The maximum absolute atomic E-state index is 2.79. The molecule has 0 saturated heterocycles. The molecule has 0 amide bonds. The summed E-state index contributed by atoms with van der Waals surface area (Å²) in [5.74, 6) is 1.30. The number of nitrogens with zero attached hydrogens (tertiary/aromatic N) is 1. The van der Waals surface area contributed by atoms with E-state index in [9.17, 15) is 0 Å². The number of anilines is 3. The normalized spacial score (nSPS) is 18.2. The van der Waals surface area contributed by atoms with Crippen LogP contribution in [0.25, 0.3) is 0 Å². The van der Waals surface area contributed by atoms with Crippen molar-refractivity contribution in [3.63, 3.8) is 0 Å². The Labute approximate surface area is 302 Å². The van der Waals surface area contributed by atoms with E-state index >= 15 is 0 Å². The van der Waals surface area contributed by atoms with Gasteiger partial charge in [-0.05, 0) is 123 Å². The van der Waals surface area contributed by atoms with E-state index in [2.05, 4.69) is 175 Å². The molecule has 2 atom stereocenters. The van der Waals surface area contributed by atoms with E-state index in [-0.39, 0.29) is 0 Å². The van der Waals surface area contributed by atoms with Crippen LogP contribution in [0.1, 0.15) is 81.5 Å². The van der Waals surface area contributed by atoms with E-state index in [0.717, 1.165) is 0 Å². The van der Waals surface area contributed by atoms with Crippen molar-refractivity contribution in [2.45, 2.75) is 66.2 Å². The first-order valence-corrected chi connectivity index (χ1v) is 22.2. The van der Waals surface area contributed by atoms with Crippen molar-refractivity contribution in [2.24, 2.45) is 0 Å². The van der Waals surface area contributed by atoms with Gasteiger partial charge < -0.3 is 4.90 Å². The molecule has 0 N–H and O–H groups in total. The molecule has 3 aliphatic rings. The maximum atomic E-state index is 2.79. The van der Waals surface area contributed by atoms with Crippen molar-refractivity contribution in [3.8, 4) is 0 Å². The first kappa shape index (κ1) is 32.3. The third-order valence-electron chi connectivity index (χ3n) is 10.8. The highest BCUT2D eigenvalue weighted by molar-refractivity contribution is 7.84. The number of aryl methyl sites for hydroxylation is 1. The van der Waals surface area contributed by atoms with Gasteiger partial charge in [0.05, 0.1) is 17.1 Å². The molecule has 3 aliphatic heterocycles. The minimum Gasteiger partial charge on any atom is -0.306 e. The van der Waals surface area contributed by atoms with Crippen molar-refractivity contribution < 1.29 is 0 Å². The number of benzene rings is 6. The highest BCUT2D eigenvalue weighted by Gasteiger charge is 2.48. The van der Waals surface area contributed by atoms with E-state index in [1.807, 2.05) is 0 Å². The summed E-state index contributed by atoms with van der Waals surface area (Å²) in [6.45, 7) is 16.6. The molecule has 0 saturated carbocycles. The molecule has 1 nitrogen and oxygen atoms in total. The summed E-state index contributed by atoms with van der Waals surface area (Å²) in [6, 6.07) is 47.9. The Kier molecular flexibility index (Phi) is 7.94. The molecule has 3 heterocycles. The summed E-state index contributed by atoms with van der Waals surface area (Å²) in [5, 5.41) is 13.6. The maximum Gasteiger partial charge on any atom is 0.0629 e. The molecule has 0 bridgehead atoms. The van der Waals surface area contributed by atoms with Gasteiger partial charge in [0, 0.05) is 31.8 Å². The second-order valence-electron chi connectivity index (χ2n) is 15.0. The quantitative estimate of drug-likeness (QED) is 0.156. The molecule has 4 heteroatoms. The van der Waals surface area contributed by atoms with Crippen LogP contribution in [-0.2, 0) is 0 Å². The fourth-order valence-corrected chi connectivity index (χ4v) is 16.6. The first-order valence-electron chi connectivity index (χ1n) is 18.1. The monoisotopic (exact) mass is 703 g/mol. The highest BCUT2D eigenvalue weighted by atomic mass is 31.1. The lowest BCUT2D eigenvalue weighted by atomic mass is 9.99. The third-order valence-corrected chi connectivity index (χ3v) is 18.3. The van der Waals surface area contributed by atoms with Crippen LogP contribution in [0, 0.1) is 6.92 Å². The summed E-state index contributed by atoms with van der Waals surface area (Å²) in [6.07, 6.45) is 0. The fourth-order valence-electron chi connectivity index (χ4n) is 8.10. The van der Waals surface area contributed by atoms with Gasteiger partial charge in [-0.1, -0.05) is 126 Å². The van der Waals surface area contributed by atoms with Gasteiger partial charge in [-0.2, -0.15) is 0 Å². The van der Waals surface area contributed by atoms with Gasteiger partial charge in [0.15, 0.2) is 0 Å². The van der Waals surface area contributed by atoms with Gasteiger partial charge in [-0.25, -0.2) is 0 Å². The molecule has 9 rings (SSSR count). The minimum absolute atomic E-state index is 0.433. The minimum atomic E-state index is -0.806. The Morgan fingerprint density at radius 1 is 0.380 bits per heavy atom. The van der Waals surface area contributed by atoms with Crippen molar-refractivity contribution >= 4 is 88.6 Å². The number of hydrogen-bond acceptors (Lipinski definition) is 1. The molecule has 6 aromatic carbocycles. The molecule has 50 heavy (non-hydrogen) atoms. The van der Waals surface area contributed by atoms with E-state index in [4.69, 9.17) is 0 Å². The van der Waals surface area contributed by atoms with E-state index < -0.39 is 23.8 Å². The van der Waals surface area contributed by atoms with Crippen LogP contribution in [0.3, 0.4) is 0 Å². The molecule has 0 radical (unpaired) electrons. The summed E-state index contributed by atoms with van der Waals surface area (Å²) < 4.78 is 0. The number of hydrogen-bond donors (Lipinski definition) is 0. The van der Waals surface area contributed by atoms with E-state index in [1.54, 1.807) is 0 Å². The Morgan fingerprint density at radius 3 is 1.04 bits per heavy atom. The highest BCUT2D eigenvalue weighted by Crippen LogP contribution is 2.60. The molecule has 2 unspecified atom stereocenters. The smallest absolute Gasteiger partial charge is 0.0629 e. The van der Waals surface area contributed by atoms with Crippen LogP contribution in [0.2, 0.25) is 0 Å². The van der Waals surface area contributed by atoms with Gasteiger partial charge in [0.2, 0.25) is 0 Å². The summed E-state index contributed by atoms with van der Waals surface area (Å²) in [4.78, 5) is 2.79. The summed E-state index contributed by atoms with van der Waals surface area (Å²) >= 11 is 0. The molecular formula is C46H44NP3. The average Bonchev–Trinajstić information content (AvgIpc) is 3.12. The van der Waals surface area contributed by atoms with E-state index in [0.29, 0.717) is 17.8 Å². The SMILES string of the molecule is Cc1ccccc1P1c2cc(C(C)C)cc3c2N2c4c(cc(C(C)C)cc4P(c4ccccc4)c4cc(C(C)C)cc1c42)P3c1ccccc1. The fraction of sp³-hybridized carbons (Fsp3) is 0.217. The van der Waals surface area contributed by atoms with Gasteiger partial charge in [0.1, 0.15) is 0 Å². The Hall–Kier alpha value is -3.59. The zero-order valence-corrected chi connectivity index (χ0v) is 32.8. The summed E-state index contributed by atoms with van der Waals surface area (Å²) in [5.41, 5.74) is 10.2. The van der Waals surface area contributed by atoms with Crippen molar-refractivity contribution in [1.82, 2.24) is 0 Å². The largest absolute Gasteiger partial charge is 0.306 e. The molecule has 0 aromatic heterocycles. The van der Waals surface area contributed by atoms with Crippen molar-refractivity contribution in [2.75, 3.05) is 4.90 Å². The molecular weight excluding hydrogens is 659 g/mol. The molecule has 0 aliphatic carbocycles. The molecule has 0 spiro atoms. The van der Waals surface area contributed by atoms with Crippen LogP contribution in [0.5, 0.6) is 0 Å². The van der Waals surface area contributed by atoms with Crippen molar-refractivity contribution in [3.05, 3.63) is 144 Å². The average molecular weight is 704 g/mol. The molecule has 0 fully saturated rings. The van der Waals surface area contributed by atoms with Gasteiger partial charge >= 0.3 is 0 Å². The number of rotatable bonds is 6. The standard InChI is InChI=1S/C46H44NP3/c1-28(2)32-22-38-44-39(23-32)49(36-19-12-9-13-20-36)41-25-34(30(5)6)27-43-46(41)47(44)45-40(48(38)35-17-10-8-11-18-35)24-33(29(3)4)26-42(45)50(43)37-21-15-14-16-31(37)7/h8-30H,1-7H3.